The third kappa shape index (κ3) is 9.92. The molecule has 23 heavy (non-hydrogen) atoms. The molecule has 1 rings (SSSR count). The van der Waals surface area contributed by atoms with Gasteiger partial charge in [-0.15, -0.1) is 0 Å². The van der Waals surface area contributed by atoms with Gasteiger partial charge in [-0.1, -0.05) is 30.3 Å². The van der Waals surface area contributed by atoms with Gasteiger partial charge in [-0.05, 0) is 32.9 Å². The molecule has 2 N–H and O–H groups in total. The van der Waals surface area contributed by atoms with Gasteiger partial charge in [-0.3, -0.25) is 4.99 Å². The Morgan fingerprint density at radius 1 is 1.17 bits per heavy atom. The Hall–Kier alpha value is -1.59. The van der Waals surface area contributed by atoms with Crippen molar-refractivity contribution in [2.75, 3.05) is 46.4 Å². The van der Waals surface area contributed by atoms with Crippen molar-refractivity contribution >= 4 is 5.96 Å². The number of rotatable bonds is 11. The van der Waals surface area contributed by atoms with Crippen molar-refractivity contribution < 1.29 is 4.74 Å². The maximum atomic E-state index is 5.33. The molecule has 1 aromatic carbocycles. The highest BCUT2D eigenvalue weighted by Crippen LogP contribution is 2.01. The number of nitrogens with zero attached hydrogens (tertiary/aromatic N) is 2. The van der Waals surface area contributed by atoms with Crippen LogP contribution in [-0.2, 0) is 11.3 Å². The highest BCUT2D eigenvalue weighted by Gasteiger charge is 2.01. The summed E-state index contributed by atoms with van der Waals surface area (Å²) in [4.78, 5) is 6.87. The maximum absolute atomic E-state index is 5.33. The number of hydrogen-bond acceptors (Lipinski definition) is 3. The van der Waals surface area contributed by atoms with Crippen LogP contribution in [0.1, 0.15) is 25.8 Å². The molecule has 130 valence electrons. The summed E-state index contributed by atoms with van der Waals surface area (Å²) in [6.45, 7) is 10.1. The van der Waals surface area contributed by atoms with Gasteiger partial charge in [-0.25, -0.2) is 0 Å². The lowest BCUT2D eigenvalue weighted by molar-refractivity contribution is 0.146. The van der Waals surface area contributed by atoms with E-state index in [1.807, 2.05) is 6.92 Å². The van der Waals surface area contributed by atoms with Gasteiger partial charge in [0, 0.05) is 45.9 Å². The summed E-state index contributed by atoms with van der Waals surface area (Å²) in [5.41, 5.74) is 1.34. The Morgan fingerprint density at radius 3 is 2.65 bits per heavy atom. The van der Waals surface area contributed by atoms with Gasteiger partial charge in [0.05, 0.1) is 0 Å². The number of hydrogen-bond donors (Lipinski definition) is 2. The van der Waals surface area contributed by atoms with Gasteiger partial charge >= 0.3 is 0 Å². The highest BCUT2D eigenvalue weighted by atomic mass is 16.5. The van der Waals surface area contributed by atoms with Crippen molar-refractivity contribution in [1.29, 1.82) is 0 Å². The van der Waals surface area contributed by atoms with Crippen molar-refractivity contribution in [2.24, 2.45) is 4.99 Å². The summed E-state index contributed by atoms with van der Waals surface area (Å²) in [6.07, 6.45) is 0.957. The number of benzene rings is 1. The van der Waals surface area contributed by atoms with E-state index in [4.69, 9.17) is 4.74 Å². The van der Waals surface area contributed by atoms with E-state index in [-0.39, 0.29) is 0 Å². The van der Waals surface area contributed by atoms with Crippen molar-refractivity contribution in [3.63, 3.8) is 0 Å². The van der Waals surface area contributed by atoms with Crippen LogP contribution in [0.3, 0.4) is 0 Å². The molecule has 0 aliphatic rings. The minimum Gasteiger partial charge on any atom is -0.382 e. The molecule has 5 nitrogen and oxygen atoms in total. The summed E-state index contributed by atoms with van der Waals surface area (Å²) in [7, 11) is 2.14. The van der Waals surface area contributed by atoms with Crippen LogP contribution >= 0.6 is 0 Å². The standard InChI is InChI=1S/C18H32N4O/c1-4-19-18(20-12-9-15-23-5-2)21-13-14-22(3)16-17-10-7-6-8-11-17/h6-8,10-11H,4-5,9,12-16H2,1-3H3,(H2,19,20,21). The first-order valence-corrected chi connectivity index (χ1v) is 8.58. The molecule has 0 aromatic heterocycles. The van der Waals surface area contributed by atoms with E-state index in [0.717, 1.165) is 58.3 Å². The van der Waals surface area contributed by atoms with E-state index in [1.165, 1.54) is 5.56 Å². The molecular formula is C18H32N4O. The molecule has 0 aliphatic carbocycles. The molecular weight excluding hydrogens is 288 g/mol. The Bertz CT molecular complexity index is 422. The van der Waals surface area contributed by atoms with Crippen LogP contribution in [-0.4, -0.2) is 57.3 Å². The first-order chi connectivity index (χ1) is 11.3. The van der Waals surface area contributed by atoms with E-state index in [2.05, 4.69) is 64.8 Å². The monoisotopic (exact) mass is 320 g/mol. The Morgan fingerprint density at radius 2 is 1.96 bits per heavy atom. The van der Waals surface area contributed by atoms with E-state index in [9.17, 15) is 0 Å². The second-order valence-corrected chi connectivity index (χ2v) is 5.46. The Balaban J connectivity index is 2.24. The van der Waals surface area contributed by atoms with Crippen LogP contribution in [0.25, 0.3) is 0 Å². The molecule has 0 unspecified atom stereocenters. The fraction of sp³-hybridized carbons (Fsp3) is 0.611. The van der Waals surface area contributed by atoms with Gasteiger partial charge < -0.3 is 20.3 Å². The van der Waals surface area contributed by atoms with Gasteiger partial charge in [0.2, 0.25) is 0 Å². The predicted octanol–water partition coefficient (Wildman–Crippen LogP) is 2.10. The molecule has 0 radical (unpaired) electrons. The molecule has 0 saturated carbocycles. The maximum Gasteiger partial charge on any atom is 0.191 e. The number of guanidine groups is 1. The summed E-state index contributed by atoms with van der Waals surface area (Å²) >= 11 is 0. The van der Waals surface area contributed by atoms with E-state index in [0.29, 0.717) is 0 Å². The normalized spacial score (nSPS) is 11.7. The lowest BCUT2D eigenvalue weighted by atomic mass is 10.2. The van der Waals surface area contributed by atoms with Gasteiger partial charge in [0.1, 0.15) is 0 Å². The average Bonchev–Trinajstić information content (AvgIpc) is 2.55. The third-order valence-corrected chi connectivity index (χ3v) is 3.35. The molecule has 5 heteroatoms. The van der Waals surface area contributed by atoms with Gasteiger partial charge in [0.15, 0.2) is 5.96 Å². The van der Waals surface area contributed by atoms with E-state index < -0.39 is 0 Å². The third-order valence-electron chi connectivity index (χ3n) is 3.35. The van der Waals surface area contributed by atoms with Crippen molar-refractivity contribution in [1.82, 2.24) is 15.5 Å². The van der Waals surface area contributed by atoms with Crippen LogP contribution in [0.4, 0.5) is 0 Å². The van der Waals surface area contributed by atoms with Crippen molar-refractivity contribution in [3.05, 3.63) is 35.9 Å². The summed E-state index contributed by atoms with van der Waals surface area (Å²) in [5, 5.41) is 6.66. The van der Waals surface area contributed by atoms with E-state index in [1.54, 1.807) is 0 Å². The molecule has 0 amide bonds. The molecule has 0 atom stereocenters. The molecule has 1 aromatic rings. The second kappa shape index (κ2) is 12.9. The molecule has 0 fully saturated rings. The lowest BCUT2D eigenvalue weighted by Gasteiger charge is -2.18. The van der Waals surface area contributed by atoms with Gasteiger partial charge in [-0.2, -0.15) is 0 Å². The van der Waals surface area contributed by atoms with Gasteiger partial charge in [0.25, 0.3) is 0 Å². The van der Waals surface area contributed by atoms with Crippen LogP contribution < -0.4 is 10.6 Å². The zero-order chi connectivity index (χ0) is 16.8. The second-order valence-electron chi connectivity index (χ2n) is 5.46. The number of nitrogens with one attached hydrogen (secondary N) is 2. The molecule has 0 heterocycles. The zero-order valence-electron chi connectivity index (χ0n) is 14.8. The molecule has 0 bridgehead atoms. The van der Waals surface area contributed by atoms with Crippen molar-refractivity contribution in [3.8, 4) is 0 Å². The molecule has 0 saturated heterocycles. The number of likely N-dealkylation sites (N-methyl/N-ethyl adjacent to an activating group) is 1. The summed E-state index contributed by atoms with van der Waals surface area (Å²) in [6, 6.07) is 10.5. The van der Waals surface area contributed by atoms with Crippen LogP contribution in [0.15, 0.2) is 35.3 Å². The SMILES string of the molecule is CCNC(=NCCCOCC)NCCN(C)Cc1ccccc1. The van der Waals surface area contributed by atoms with E-state index >= 15 is 0 Å². The highest BCUT2D eigenvalue weighted by molar-refractivity contribution is 5.79. The summed E-state index contributed by atoms with van der Waals surface area (Å²) < 4.78 is 5.33. The zero-order valence-corrected chi connectivity index (χ0v) is 14.8. The Labute approximate surface area is 141 Å². The summed E-state index contributed by atoms with van der Waals surface area (Å²) in [5.74, 6) is 0.886. The van der Waals surface area contributed by atoms with Crippen LogP contribution in [0, 0.1) is 0 Å². The van der Waals surface area contributed by atoms with Crippen LogP contribution in [0.5, 0.6) is 0 Å². The smallest absolute Gasteiger partial charge is 0.191 e. The fourth-order valence-electron chi connectivity index (χ4n) is 2.18. The average molecular weight is 320 g/mol. The quantitative estimate of drug-likeness (QED) is 0.372. The Kier molecular flexibility index (Phi) is 10.9. The largest absolute Gasteiger partial charge is 0.382 e. The van der Waals surface area contributed by atoms with Crippen LogP contribution in [0.2, 0.25) is 0 Å². The minimum atomic E-state index is 0.774. The molecule has 0 aliphatic heterocycles. The first-order valence-electron chi connectivity index (χ1n) is 8.58. The predicted molar refractivity (Wildman–Crippen MR) is 97.9 cm³/mol. The first kappa shape index (κ1) is 19.5. The van der Waals surface area contributed by atoms with Crippen molar-refractivity contribution in [2.45, 2.75) is 26.8 Å². The lowest BCUT2D eigenvalue weighted by Crippen LogP contribution is -2.41. The number of ether oxygens (including phenoxy) is 1. The fourth-order valence-corrected chi connectivity index (χ4v) is 2.18. The minimum absolute atomic E-state index is 0.774. The molecule has 0 spiro atoms. The number of aliphatic imine (C=N–C) groups is 1. The topological polar surface area (TPSA) is 48.9 Å².